The van der Waals surface area contributed by atoms with Gasteiger partial charge in [-0.25, -0.2) is 8.78 Å². The lowest BCUT2D eigenvalue weighted by Gasteiger charge is -2.20. The molecule has 140 valence electrons. The third-order valence-corrected chi connectivity index (χ3v) is 4.10. The van der Waals surface area contributed by atoms with E-state index in [1.807, 2.05) is 0 Å². The molecule has 0 bridgehead atoms. The molecule has 0 saturated heterocycles. The van der Waals surface area contributed by atoms with Crippen LogP contribution >= 0.6 is 15.9 Å². The van der Waals surface area contributed by atoms with Crippen molar-refractivity contribution in [3.05, 3.63) is 57.6 Å². The average Bonchev–Trinajstić information content (AvgIpc) is 2.53. The van der Waals surface area contributed by atoms with Crippen LogP contribution in [-0.4, -0.2) is 18.2 Å². The first kappa shape index (κ1) is 20.2. The predicted molar refractivity (Wildman–Crippen MR) is 89.3 cm³/mol. The van der Waals surface area contributed by atoms with Crippen LogP contribution in [0.4, 0.5) is 27.6 Å². The van der Waals surface area contributed by atoms with Crippen molar-refractivity contribution in [3.8, 4) is 5.75 Å². The lowest BCUT2D eigenvalue weighted by atomic mass is 10.1. The molecule has 0 unspecified atom stereocenters. The van der Waals surface area contributed by atoms with Crippen LogP contribution in [0.15, 0.2) is 34.8 Å². The van der Waals surface area contributed by atoms with Crippen molar-refractivity contribution in [2.45, 2.75) is 26.1 Å². The highest BCUT2D eigenvalue weighted by Gasteiger charge is 2.38. The van der Waals surface area contributed by atoms with Crippen molar-refractivity contribution in [1.82, 2.24) is 0 Å². The number of rotatable bonds is 4. The fraction of sp³-hybridized carbons (Fsp3) is 0.235. The van der Waals surface area contributed by atoms with Gasteiger partial charge in [0.1, 0.15) is 17.4 Å². The Morgan fingerprint density at radius 3 is 2.42 bits per heavy atom. The normalized spacial score (nSPS) is 12.6. The molecule has 0 aromatic heterocycles. The number of carbonyl (C=O) groups excluding carboxylic acids is 1. The number of hydrogen-bond donors (Lipinski definition) is 1. The zero-order chi connectivity index (χ0) is 19.6. The summed E-state index contributed by atoms with van der Waals surface area (Å²) in [7, 11) is 0. The van der Waals surface area contributed by atoms with Crippen LogP contribution in [-0.2, 0) is 0 Å². The summed E-state index contributed by atoms with van der Waals surface area (Å²) in [6.07, 6.45) is -6.92. The third kappa shape index (κ3) is 4.51. The van der Waals surface area contributed by atoms with Crippen molar-refractivity contribution in [3.63, 3.8) is 0 Å². The van der Waals surface area contributed by atoms with Gasteiger partial charge in [0, 0.05) is 0 Å². The summed E-state index contributed by atoms with van der Waals surface area (Å²) in [6.45, 7) is 2.28. The van der Waals surface area contributed by atoms with Crippen LogP contribution in [0.1, 0.15) is 22.8 Å². The Labute approximate surface area is 154 Å². The Kier molecular flexibility index (Phi) is 5.90. The first-order valence-corrected chi connectivity index (χ1v) is 8.09. The van der Waals surface area contributed by atoms with E-state index in [-0.39, 0.29) is 10.2 Å². The van der Waals surface area contributed by atoms with Gasteiger partial charge in [0.15, 0.2) is 6.10 Å². The highest BCUT2D eigenvalue weighted by atomic mass is 79.9. The topological polar surface area (TPSA) is 38.3 Å². The predicted octanol–water partition coefficient (Wildman–Crippen LogP) is 5.62. The molecule has 1 amide bonds. The van der Waals surface area contributed by atoms with E-state index in [2.05, 4.69) is 21.2 Å². The number of para-hydroxylation sites is 1. The minimum atomic E-state index is -4.68. The van der Waals surface area contributed by atoms with E-state index in [0.717, 1.165) is 19.1 Å². The molecule has 26 heavy (non-hydrogen) atoms. The van der Waals surface area contributed by atoms with E-state index in [1.54, 1.807) is 0 Å². The van der Waals surface area contributed by atoms with Gasteiger partial charge in [0.25, 0.3) is 5.91 Å². The summed E-state index contributed by atoms with van der Waals surface area (Å²) in [5.74, 6) is -3.11. The summed E-state index contributed by atoms with van der Waals surface area (Å²) in [5, 5.41) is 2.24. The fourth-order valence-electron chi connectivity index (χ4n) is 2.03. The molecular weight excluding hydrogens is 425 g/mol. The number of hydrogen-bond acceptors (Lipinski definition) is 2. The maximum absolute atomic E-state index is 13.9. The maximum atomic E-state index is 13.9. The Morgan fingerprint density at radius 1 is 1.19 bits per heavy atom. The van der Waals surface area contributed by atoms with Crippen molar-refractivity contribution in [2.24, 2.45) is 0 Å². The van der Waals surface area contributed by atoms with Gasteiger partial charge in [-0.3, -0.25) is 4.79 Å². The number of anilines is 1. The molecule has 0 aliphatic rings. The van der Waals surface area contributed by atoms with Crippen molar-refractivity contribution < 1.29 is 31.5 Å². The second-order valence-corrected chi connectivity index (χ2v) is 6.30. The number of benzene rings is 2. The van der Waals surface area contributed by atoms with Gasteiger partial charge in [0.2, 0.25) is 0 Å². The number of halogens is 6. The molecule has 0 heterocycles. The average molecular weight is 438 g/mol. The van der Waals surface area contributed by atoms with E-state index < -0.39 is 41.1 Å². The molecule has 0 radical (unpaired) electrons. The van der Waals surface area contributed by atoms with Crippen molar-refractivity contribution in [1.29, 1.82) is 0 Å². The minimum absolute atomic E-state index is 0.157. The largest absolute Gasteiger partial charge is 0.480 e. The molecule has 0 saturated carbocycles. The van der Waals surface area contributed by atoms with E-state index in [4.69, 9.17) is 4.74 Å². The van der Waals surface area contributed by atoms with E-state index in [9.17, 15) is 26.7 Å². The zero-order valence-corrected chi connectivity index (χ0v) is 15.1. The number of alkyl halides is 3. The zero-order valence-electron chi connectivity index (χ0n) is 13.5. The van der Waals surface area contributed by atoms with Gasteiger partial charge in [0.05, 0.1) is 15.7 Å². The monoisotopic (exact) mass is 437 g/mol. The molecule has 2 rings (SSSR count). The van der Waals surface area contributed by atoms with Crippen LogP contribution in [0.3, 0.4) is 0 Å². The van der Waals surface area contributed by atoms with Gasteiger partial charge in [-0.15, -0.1) is 0 Å². The number of nitrogens with one attached hydrogen (secondary N) is 1. The summed E-state index contributed by atoms with van der Waals surface area (Å²) in [6, 6.07) is 5.70. The first-order chi connectivity index (χ1) is 12.0. The van der Waals surface area contributed by atoms with Crippen LogP contribution in [0.2, 0.25) is 0 Å². The quantitative estimate of drug-likeness (QED) is 0.630. The molecule has 9 heteroatoms. The smallest absolute Gasteiger partial charge is 0.425 e. The van der Waals surface area contributed by atoms with Crippen LogP contribution in [0.5, 0.6) is 5.75 Å². The molecule has 1 atom stereocenters. The number of amides is 1. The third-order valence-electron chi connectivity index (χ3n) is 3.49. The lowest BCUT2D eigenvalue weighted by molar-refractivity contribution is -0.189. The standard InChI is InChI=1S/C17H13BrF5NO2/c1-8-4-3-5-12(19)15(8)24-16(25)10-6-13(20)11(18)7-14(10)26-9(2)17(21,22)23/h3-7,9H,1-2H3,(H,24,25)/t9-/m0/s1. The van der Waals surface area contributed by atoms with E-state index >= 15 is 0 Å². The van der Waals surface area contributed by atoms with Crippen molar-refractivity contribution in [2.75, 3.05) is 5.32 Å². The summed E-state index contributed by atoms with van der Waals surface area (Å²) in [5.41, 5.74) is -0.262. The molecular formula is C17H13BrF5NO2. The number of aryl methyl sites for hydroxylation is 1. The molecule has 0 spiro atoms. The molecule has 3 nitrogen and oxygen atoms in total. The Bertz CT molecular complexity index is 818. The van der Waals surface area contributed by atoms with Crippen LogP contribution in [0, 0.1) is 18.6 Å². The summed E-state index contributed by atoms with van der Waals surface area (Å²) in [4.78, 5) is 12.4. The first-order valence-electron chi connectivity index (χ1n) is 7.29. The molecule has 0 aliphatic carbocycles. The minimum Gasteiger partial charge on any atom is -0.480 e. The molecule has 2 aromatic carbocycles. The second-order valence-electron chi connectivity index (χ2n) is 5.45. The fourth-order valence-corrected chi connectivity index (χ4v) is 2.35. The Morgan fingerprint density at radius 2 is 1.85 bits per heavy atom. The van der Waals surface area contributed by atoms with Gasteiger partial charge in [-0.1, -0.05) is 12.1 Å². The number of carbonyl (C=O) groups is 1. The SMILES string of the molecule is Cc1cccc(F)c1NC(=O)c1cc(F)c(Br)cc1O[C@@H](C)C(F)(F)F. The Hall–Kier alpha value is -2.16. The van der Waals surface area contributed by atoms with Crippen molar-refractivity contribution >= 4 is 27.5 Å². The van der Waals surface area contributed by atoms with Gasteiger partial charge < -0.3 is 10.1 Å². The lowest BCUT2D eigenvalue weighted by Crippen LogP contribution is -2.32. The Balaban J connectivity index is 2.41. The molecule has 2 aromatic rings. The second kappa shape index (κ2) is 7.61. The van der Waals surface area contributed by atoms with E-state index in [1.165, 1.54) is 19.1 Å². The molecule has 0 aliphatic heterocycles. The molecule has 0 fully saturated rings. The summed E-state index contributed by atoms with van der Waals surface area (Å²) < 4.78 is 70.5. The van der Waals surface area contributed by atoms with Gasteiger partial charge in [-0.05, 0) is 53.5 Å². The van der Waals surface area contributed by atoms with Gasteiger partial charge in [-0.2, -0.15) is 13.2 Å². The van der Waals surface area contributed by atoms with Gasteiger partial charge >= 0.3 is 6.18 Å². The highest BCUT2D eigenvalue weighted by Crippen LogP contribution is 2.32. The highest BCUT2D eigenvalue weighted by molar-refractivity contribution is 9.10. The van der Waals surface area contributed by atoms with Crippen LogP contribution < -0.4 is 10.1 Å². The summed E-state index contributed by atoms with van der Waals surface area (Å²) >= 11 is 2.83. The molecule has 1 N–H and O–H groups in total. The van der Waals surface area contributed by atoms with E-state index in [0.29, 0.717) is 11.6 Å². The maximum Gasteiger partial charge on any atom is 0.425 e. The van der Waals surface area contributed by atoms with Crippen LogP contribution in [0.25, 0.3) is 0 Å². The number of ether oxygens (including phenoxy) is 1.